The van der Waals surface area contributed by atoms with Gasteiger partial charge in [0.1, 0.15) is 23.2 Å². The van der Waals surface area contributed by atoms with E-state index in [0.717, 1.165) is 6.08 Å². The highest BCUT2D eigenvalue weighted by atomic mass is 16.5. The van der Waals surface area contributed by atoms with Gasteiger partial charge in [-0.3, -0.25) is 9.59 Å². The number of hydrogen-bond donors (Lipinski definition) is 2. The molecular formula is C18H19NO6. The highest BCUT2D eigenvalue weighted by molar-refractivity contribution is 6.01. The van der Waals surface area contributed by atoms with E-state index in [-0.39, 0.29) is 29.2 Å². The van der Waals surface area contributed by atoms with E-state index >= 15 is 0 Å². The number of benzene rings is 1. The molecule has 7 heteroatoms. The lowest BCUT2D eigenvalue weighted by Gasteiger charge is -2.15. The summed E-state index contributed by atoms with van der Waals surface area (Å²) in [6.07, 6.45) is 5.25. The average Bonchev–Trinajstić information content (AvgIpc) is 2.56. The lowest BCUT2D eigenvalue weighted by Crippen LogP contribution is -2.27. The van der Waals surface area contributed by atoms with Crippen LogP contribution in [0.15, 0.2) is 30.4 Å². The van der Waals surface area contributed by atoms with E-state index in [1.807, 2.05) is 0 Å². The van der Waals surface area contributed by atoms with E-state index in [0.29, 0.717) is 12.2 Å². The van der Waals surface area contributed by atoms with Crippen LogP contribution in [0.25, 0.3) is 6.08 Å². The first-order chi connectivity index (χ1) is 11.9. The Bertz CT molecular complexity index is 750. The van der Waals surface area contributed by atoms with Crippen LogP contribution < -0.4 is 10.1 Å². The van der Waals surface area contributed by atoms with Gasteiger partial charge in [-0.15, -0.1) is 0 Å². The summed E-state index contributed by atoms with van der Waals surface area (Å²) in [6, 6.07) is 2.79. The number of aromatic hydroxyl groups is 1. The zero-order chi connectivity index (χ0) is 18.4. The summed E-state index contributed by atoms with van der Waals surface area (Å²) in [4.78, 5) is 35.8. The fourth-order valence-electron chi connectivity index (χ4n) is 2.23. The van der Waals surface area contributed by atoms with E-state index in [9.17, 15) is 19.5 Å². The summed E-state index contributed by atoms with van der Waals surface area (Å²) < 4.78 is 10.4. The van der Waals surface area contributed by atoms with Crippen LogP contribution in [0.5, 0.6) is 11.5 Å². The molecule has 1 aliphatic heterocycles. The third kappa shape index (κ3) is 4.94. The Labute approximate surface area is 144 Å². The number of ketones is 1. The summed E-state index contributed by atoms with van der Waals surface area (Å²) in [6.45, 7) is 1.54. The Kier molecular flexibility index (Phi) is 5.94. The van der Waals surface area contributed by atoms with Crippen molar-refractivity contribution in [1.29, 1.82) is 0 Å². The van der Waals surface area contributed by atoms with Gasteiger partial charge in [0.25, 0.3) is 0 Å². The van der Waals surface area contributed by atoms with Crippen LogP contribution in [-0.4, -0.2) is 42.5 Å². The molecule has 2 rings (SSSR count). The van der Waals surface area contributed by atoms with Crippen LogP contribution in [-0.2, 0) is 14.3 Å². The minimum atomic E-state index is -0.732. The summed E-state index contributed by atoms with van der Waals surface area (Å²) in [7, 11) is 1.42. The predicted octanol–water partition coefficient (Wildman–Crippen LogP) is 1.60. The molecule has 1 aromatic rings. The minimum Gasteiger partial charge on any atom is -0.507 e. The molecule has 0 aliphatic carbocycles. The van der Waals surface area contributed by atoms with E-state index in [1.165, 1.54) is 31.4 Å². The normalized spacial score (nSPS) is 21.4. The van der Waals surface area contributed by atoms with Crippen molar-refractivity contribution in [2.24, 2.45) is 0 Å². The number of methoxy groups -OCH3 is 1. The van der Waals surface area contributed by atoms with Gasteiger partial charge in [0.05, 0.1) is 13.7 Å². The van der Waals surface area contributed by atoms with Crippen molar-refractivity contribution in [2.45, 2.75) is 19.4 Å². The Morgan fingerprint density at radius 1 is 1.20 bits per heavy atom. The zero-order valence-electron chi connectivity index (χ0n) is 13.9. The Morgan fingerprint density at radius 3 is 2.68 bits per heavy atom. The number of ether oxygens (including phenoxy) is 2. The minimum absolute atomic E-state index is 0.0613. The number of rotatable bonds is 1. The Balaban J connectivity index is 2.45. The molecule has 0 unspecified atom stereocenters. The molecule has 1 amide bonds. The van der Waals surface area contributed by atoms with Crippen molar-refractivity contribution in [3.8, 4) is 11.5 Å². The quantitative estimate of drug-likeness (QED) is 0.750. The SMILES string of the molecule is COc1cc(O)c2c(c1)/C=C/C(=O)NCC(=O)/C=C/C[C@H](C)OC2=O. The van der Waals surface area contributed by atoms with Gasteiger partial charge < -0.3 is 19.9 Å². The Morgan fingerprint density at radius 2 is 1.96 bits per heavy atom. The van der Waals surface area contributed by atoms with Crippen molar-refractivity contribution in [2.75, 3.05) is 13.7 Å². The van der Waals surface area contributed by atoms with E-state index in [1.54, 1.807) is 13.0 Å². The molecule has 0 bridgehead atoms. The van der Waals surface area contributed by atoms with Gasteiger partial charge in [0.15, 0.2) is 5.78 Å². The maximum absolute atomic E-state index is 12.4. The average molecular weight is 345 g/mol. The number of phenolic OH excluding ortho intramolecular Hbond substituents is 1. The van der Waals surface area contributed by atoms with E-state index < -0.39 is 18.0 Å². The summed E-state index contributed by atoms with van der Waals surface area (Å²) in [5.74, 6) is -1.49. The zero-order valence-corrected chi connectivity index (χ0v) is 13.9. The van der Waals surface area contributed by atoms with Crippen LogP contribution in [0.2, 0.25) is 0 Å². The molecule has 0 aromatic heterocycles. The standard InChI is InChI=1S/C18H19NO6/c1-11-4-3-5-13(20)10-19-16(22)7-6-12-8-14(24-2)9-15(21)17(12)18(23)25-11/h3,5-9,11,21H,4,10H2,1-2H3,(H,19,22)/b5-3+,7-6+/t11-/m0/s1. The Hall–Kier alpha value is -3.09. The van der Waals surface area contributed by atoms with Gasteiger partial charge >= 0.3 is 5.97 Å². The second-order valence-corrected chi connectivity index (χ2v) is 5.48. The van der Waals surface area contributed by atoms with Crippen molar-refractivity contribution >= 4 is 23.7 Å². The molecule has 7 nitrogen and oxygen atoms in total. The summed E-state index contributed by atoms with van der Waals surface area (Å²) in [5.41, 5.74) is 0.206. The van der Waals surface area contributed by atoms with Crippen LogP contribution in [0.4, 0.5) is 0 Å². The van der Waals surface area contributed by atoms with Crippen molar-refractivity contribution in [3.63, 3.8) is 0 Å². The van der Waals surface area contributed by atoms with Crippen molar-refractivity contribution < 1.29 is 29.0 Å². The molecule has 0 saturated carbocycles. The van der Waals surface area contributed by atoms with Crippen LogP contribution >= 0.6 is 0 Å². The fourth-order valence-corrected chi connectivity index (χ4v) is 2.23. The number of fused-ring (bicyclic) bond motifs is 1. The maximum Gasteiger partial charge on any atom is 0.342 e. The summed E-state index contributed by atoms with van der Waals surface area (Å²) >= 11 is 0. The smallest absolute Gasteiger partial charge is 0.342 e. The van der Waals surface area contributed by atoms with Gasteiger partial charge in [-0.25, -0.2) is 4.79 Å². The number of cyclic esters (lactones) is 1. The molecule has 1 aliphatic rings. The van der Waals surface area contributed by atoms with Gasteiger partial charge in [-0.2, -0.15) is 0 Å². The number of phenols is 1. The van der Waals surface area contributed by atoms with E-state index in [4.69, 9.17) is 9.47 Å². The van der Waals surface area contributed by atoms with Crippen molar-refractivity contribution in [3.05, 3.63) is 41.5 Å². The third-order valence-corrected chi connectivity index (χ3v) is 3.49. The largest absolute Gasteiger partial charge is 0.507 e. The number of nitrogens with one attached hydrogen (secondary N) is 1. The lowest BCUT2D eigenvalue weighted by atomic mass is 10.0. The summed E-state index contributed by atoms with van der Waals surface area (Å²) in [5, 5.41) is 12.6. The van der Waals surface area contributed by atoms with Gasteiger partial charge in [0, 0.05) is 18.6 Å². The number of amides is 1. The highest BCUT2D eigenvalue weighted by Crippen LogP contribution is 2.30. The van der Waals surface area contributed by atoms with Crippen molar-refractivity contribution in [1.82, 2.24) is 5.32 Å². The third-order valence-electron chi connectivity index (χ3n) is 3.49. The first-order valence-corrected chi connectivity index (χ1v) is 7.68. The van der Waals surface area contributed by atoms with Gasteiger partial charge in [-0.05, 0) is 30.7 Å². The van der Waals surface area contributed by atoms with Gasteiger partial charge in [0.2, 0.25) is 5.91 Å². The topological polar surface area (TPSA) is 102 Å². The molecular weight excluding hydrogens is 326 g/mol. The molecule has 132 valence electrons. The number of hydrogen-bond acceptors (Lipinski definition) is 6. The first-order valence-electron chi connectivity index (χ1n) is 7.68. The van der Waals surface area contributed by atoms with E-state index in [2.05, 4.69) is 5.32 Å². The lowest BCUT2D eigenvalue weighted by molar-refractivity contribution is -0.120. The highest BCUT2D eigenvalue weighted by Gasteiger charge is 2.20. The second kappa shape index (κ2) is 8.14. The molecule has 0 spiro atoms. The number of carbonyl (C=O) groups excluding carboxylic acids is 3. The van der Waals surface area contributed by atoms with Crippen LogP contribution in [0.1, 0.15) is 29.3 Å². The molecule has 1 atom stereocenters. The molecule has 1 heterocycles. The fraction of sp³-hybridized carbons (Fsp3) is 0.278. The van der Waals surface area contributed by atoms with Gasteiger partial charge in [-0.1, -0.05) is 6.08 Å². The number of carbonyl (C=O) groups is 3. The molecule has 2 N–H and O–H groups in total. The molecule has 0 fully saturated rings. The van der Waals surface area contributed by atoms with Crippen LogP contribution in [0, 0.1) is 0 Å². The monoisotopic (exact) mass is 345 g/mol. The second-order valence-electron chi connectivity index (χ2n) is 5.48. The number of esters is 1. The molecule has 0 radical (unpaired) electrons. The molecule has 1 aromatic carbocycles. The maximum atomic E-state index is 12.4. The first kappa shape index (κ1) is 18.3. The molecule has 0 saturated heterocycles. The predicted molar refractivity (Wildman–Crippen MR) is 90.3 cm³/mol. The van der Waals surface area contributed by atoms with Crippen LogP contribution in [0.3, 0.4) is 0 Å². The molecule has 25 heavy (non-hydrogen) atoms.